The van der Waals surface area contributed by atoms with E-state index in [1.165, 1.54) is 10.5 Å². The van der Waals surface area contributed by atoms with Crippen molar-refractivity contribution in [3.63, 3.8) is 0 Å². The van der Waals surface area contributed by atoms with Crippen LogP contribution in [0.3, 0.4) is 0 Å². The van der Waals surface area contributed by atoms with Crippen LogP contribution >= 0.6 is 0 Å². The topological polar surface area (TPSA) is 50.3 Å². The third-order valence-electron chi connectivity index (χ3n) is 4.86. The Hall–Kier alpha value is -2.75. The number of amides is 2. The van der Waals surface area contributed by atoms with Gasteiger partial charge in [0, 0.05) is 12.4 Å². The Bertz CT molecular complexity index is 770. The van der Waals surface area contributed by atoms with Gasteiger partial charge in [-0.15, -0.1) is 0 Å². The molecule has 4 nitrogen and oxygen atoms in total. The summed E-state index contributed by atoms with van der Waals surface area (Å²) in [7, 11) is 0. The quantitative estimate of drug-likeness (QED) is 0.645. The molecule has 1 saturated heterocycles. The number of nitrogens with zero attached hydrogens (tertiary/aromatic N) is 2. The van der Waals surface area contributed by atoms with Gasteiger partial charge in [-0.05, 0) is 54.7 Å². The molecule has 1 aliphatic heterocycles. The fourth-order valence-electron chi connectivity index (χ4n) is 3.55. The Balaban J connectivity index is 1.55. The highest BCUT2D eigenvalue weighted by Crippen LogP contribution is 2.37. The summed E-state index contributed by atoms with van der Waals surface area (Å²) in [6.45, 7) is 0. The minimum atomic E-state index is -0.181. The number of carbonyl (C=O) groups excluding carboxylic acids is 2. The lowest BCUT2D eigenvalue weighted by atomic mass is 9.85. The Morgan fingerprint density at radius 2 is 1.38 bits per heavy atom. The zero-order valence-electron chi connectivity index (χ0n) is 13.3. The second-order valence-corrected chi connectivity index (χ2v) is 6.37. The van der Waals surface area contributed by atoms with Crippen molar-refractivity contribution >= 4 is 17.5 Å². The smallest absolute Gasteiger partial charge is 0.238 e. The standard InChI is InChI=1S/C20H18N2O2/c23-19-17-3-1-2-4-18(17)20(24)22(19)16-7-5-14(6-8-16)13-15-9-11-21-12-10-15/h1-2,5-12,17-18H,3-4,13H2/t17-,18-/m0/s1. The summed E-state index contributed by atoms with van der Waals surface area (Å²) in [5, 5.41) is 0. The molecule has 2 heterocycles. The van der Waals surface area contributed by atoms with E-state index in [0.717, 1.165) is 12.0 Å². The van der Waals surface area contributed by atoms with Crippen LogP contribution in [0.2, 0.25) is 0 Å². The van der Waals surface area contributed by atoms with Gasteiger partial charge >= 0.3 is 0 Å². The van der Waals surface area contributed by atoms with Gasteiger partial charge in [-0.2, -0.15) is 0 Å². The Morgan fingerprint density at radius 3 is 1.96 bits per heavy atom. The van der Waals surface area contributed by atoms with Gasteiger partial charge in [0.1, 0.15) is 0 Å². The number of anilines is 1. The molecule has 1 fully saturated rings. The number of allylic oxidation sites excluding steroid dienone is 2. The summed E-state index contributed by atoms with van der Waals surface area (Å²) in [5.41, 5.74) is 3.00. The summed E-state index contributed by atoms with van der Waals surface area (Å²) < 4.78 is 0. The molecule has 0 bridgehead atoms. The molecule has 120 valence electrons. The van der Waals surface area contributed by atoms with E-state index >= 15 is 0 Å². The Labute approximate surface area is 140 Å². The molecular weight excluding hydrogens is 300 g/mol. The van der Waals surface area contributed by atoms with Gasteiger partial charge in [0.15, 0.2) is 0 Å². The third kappa shape index (κ3) is 2.54. The van der Waals surface area contributed by atoms with Gasteiger partial charge < -0.3 is 0 Å². The highest BCUT2D eigenvalue weighted by molar-refractivity contribution is 6.22. The maximum Gasteiger partial charge on any atom is 0.238 e. The number of benzene rings is 1. The van der Waals surface area contributed by atoms with Crippen LogP contribution in [0.4, 0.5) is 5.69 Å². The molecule has 0 saturated carbocycles. The predicted octanol–water partition coefficient (Wildman–Crippen LogP) is 3.13. The number of fused-ring (bicyclic) bond motifs is 1. The summed E-state index contributed by atoms with van der Waals surface area (Å²) in [6, 6.07) is 11.7. The summed E-state index contributed by atoms with van der Waals surface area (Å²) in [4.78, 5) is 30.6. The Kier molecular flexibility index (Phi) is 3.73. The fourth-order valence-corrected chi connectivity index (χ4v) is 3.55. The molecule has 2 aromatic rings. The van der Waals surface area contributed by atoms with Crippen molar-refractivity contribution in [1.29, 1.82) is 0 Å². The first kappa shape index (κ1) is 14.8. The number of hydrogen-bond acceptors (Lipinski definition) is 3. The van der Waals surface area contributed by atoms with E-state index in [-0.39, 0.29) is 23.7 Å². The summed E-state index contributed by atoms with van der Waals surface area (Å²) in [6.07, 6.45) is 9.72. The molecule has 2 aliphatic rings. The second kappa shape index (κ2) is 6.04. The molecule has 1 aliphatic carbocycles. The maximum absolute atomic E-state index is 12.6. The molecule has 24 heavy (non-hydrogen) atoms. The first-order chi connectivity index (χ1) is 11.7. The van der Waals surface area contributed by atoms with Crippen molar-refractivity contribution in [3.8, 4) is 0 Å². The maximum atomic E-state index is 12.6. The molecule has 0 unspecified atom stereocenters. The van der Waals surface area contributed by atoms with E-state index in [2.05, 4.69) is 4.98 Å². The number of pyridine rings is 1. The summed E-state index contributed by atoms with van der Waals surface area (Å²) >= 11 is 0. The van der Waals surface area contributed by atoms with Crippen molar-refractivity contribution in [3.05, 3.63) is 72.1 Å². The van der Waals surface area contributed by atoms with Gasteiger partial charge in [-0.25, -0.2) is 0 Å². The largest absolute Gasteiger partial charge is 0.274 e. The molecular formula is C20H18N2O2. The van der Waals surface area contributed by atoms with Crippen LogP contribution < -0.4 is 4.90 Å². The van der Waals surface area contributed by atoms with Crippen molar-refractivity contribution in [1.82, 2.24) is 4.98 Å². The SMILES string of the molecule is O=C1[C@H]2CC=CC[C@@H]2C(=O)N1c1ccc(Cc2ccncc2)cc1. The first-order valence-corrected chi connectivity index (χ1v) is 8.24. The van der Waals surface area contributed by atoms with Crippen LogP contribution in [0.5, 0.6) is 0 Å². The van der Waals surface area contributed by atoms with Crippen LogP contribution in [-0.2, 0) is 16.0 Å². The van der Waals surface area contributed by atoms with E-state index in [4.69, 9.17) is 0 Å². The van der Waals surface area contributed by atoms with Gasteiger partial charge in [0.05, 0.1) is 17.5 Å². The van der Waals surface area contributed by atoms with Crippen LogP contribution in [0.15, 0.2) is 60.9 Å². The molecule has 1 aromatic heterocycles. The van der Waals surface area contributed by atoms with Gasteiger partial charge in [-0.3, -0.25) is 19.5 Å². The minimum Gasteiger partial charge on any atom is -0.274 e. The number of carbonyl (C=O) groups is 2. The molecule has 0 radical (unpaired) electrons. The van der Waals surface area contributed by atoms with Crippen LogP contribution in [0, 0.1) is 11.8 Å². The molecule has 2 atom stereocenters. The Morgan fingerprint density at radius 1 is 0.833 bits per heavy atom. The monoisotopic (exact) mass is 318 g/mol. The highest BCUT2D eigenvalue weighted by atomic mass is 16.2. The molecule has 4 rings (SSSR count). The van der Waals surface area contributed by atoms with E-state index in [1.807, 2.05) is 48.6 Å². The second-order valence-electron chi connectivity index (χ2n) is 6.37. The zero-order chi connectivity index (χ0) is 16.5. The lowest BCUT2D eigenvalue weighted by molar-refractivity contribution is -0.122. The van der Waals surface area contributed by atoms with Crippen LogP contribution in [0.1, 0.15) is 24.0 Å². The molecule has 4 heteroatoms. The van der Waals surface area contributed by atoms with Crippen LogP contribution in [-0.4, -0.2) is 16.8 Å². The minimum absolute atomic E-state index is 0.0590. The number of imide groups is 1. The molecule has 1 aromatic carbocycles. The lowest BCUT2D eigenvalue weighted by Crippen LogP contribution is -2.30. The van der Waals surface area contributed by atoms with Gasteiger partial charge in [0.2, 0.25) is 11.8 Å². The van der Waals surface area contributed by atoms with Crippen molar-refractivity contribution in [2.75, 3.05) is 4.90 Å². The first-order valence-electron chi connectivity index (χ1n) is 8.24. The normalized spacial score (nSPS) is 22.8. The number of hydrogen-bond donors (Lipinski definition) is 0. The molecule has 2 amide bonds. The van der Waals surface area contributed by atoms with Gasteiger partial charge in [0.25, 0.3) is 0 Å². The predicted molar refractivity (Wildman–Crippen MR) is 91.3 cm³/mol. The van der Waals surface area contributed by atoms with E-state index in [9.17, 15) is 9.59 Å². The lowest BCUT2D eigenvalue weighted by Gasteiger charge is -2.15. The van der Waals surface area contributed by atoms with Crippen molar-refractivity contribution in [2.24, 2.45) is 11.8 Å². The number of aromatic nitrogens is 1. The third-order valence-corrected chi connectivity index (χ3v) is 4.86. The van der Waals surface area contributed by atoms with Crippen molar-refractivity contribution in [2.45, 2.75) is 19.3 Å². The summed E-state index contributed by atoms with van der Waals surface area (Å²) in [5.74, 6) is -0.481. The van der Waals surface area contributed by atoms with E-state index in [0.29, 0.717) is 18.5 Å². The van der Waals surface area contributed by atoms with Gasteiger partial charge in [-0.1, -0.05) is 24.3 Å². The fraction of sp³-hybridized carbons (Fsp3) is 0.250. The van der Waals surface area contributed by atoms with E-state index < -0.39 is 0 Å². The molecule has 0 spiro atoms. The van der Waals surface area contributed by atoms with E-state index in [1.54, 1.807) is 12.4 Å². The van der Waals surface area contributed by atoms with Crippen LogP contribution in [0.25, 0.3) is 0 Å². The zero-order valence-corrected chi connectivity index (χ0v) is 13.3. The average Bonchev–Trinajstić information content (AvgIpc) is 2.88. The number of rotatable bonds is 3. The highest BCUT2D eigenvalue weighted by Gasteiger charge is 2.47. The van der Waals surface area contributed by atoms with Crippen molar-refractivity contribution < 1.29 is 9.59 Å². The average molecular weight is 318 g/mol. The molecule has 0 N–H and O–H groups in total.